The van der Waals surface area contributed by atoms with Gasteiger partial charge < -0.3 is 5.11 Å². The lowest BCUT2D eigenvalue weighted by atomic mass is 9.96. The zero-order chi connectivity index (χ0) is 22.3. The van der Waals surface area contributed by atoms with Gasteiger partial charge in [0.15, 0.2) is 0 Å². The summed E-state index contributed by atoms with van der Waals surface area (Å²) in [5.41, 5.74) is 2.96. The van der Waals surface area contributed by atoms with Crippen LogP contribution in [0.5, 0.6) is 0 Å². The molecule has 0 unspecified atom stereocenters. The maximum absolute atomic E-state index is 14.5. The van der Waals surface area contributed by atoms with Gasteiger partial charge in [0.1, 0.15) is 10.8 Å². The van der Waals surface area contributed by atoms with Crippen LogP contribution in [0.25, 0.3) is 33.0 Å². The lowest BCUT2D eigenvalue weighted by Crippen LogP contribution is -2.02. The van der Waals surface area contributed by atoms with Gasteiger partial charge in [-0.1, -0.05) is 59.1 Å². The highest BCUT2D eigenvalue weighted by atomic mass is 35.5. The van der Waals surface area contributed by atoms with Gasteiger partial charge in [0.05, 0.1) is 26.3 Å². The van der Waals surface area contributed by atoms with E-state index in [-0.39, 0.29) is 21.7 Å². The minimum atomic E-state index is -1.19. The van der Waals surface area contributed by atoms with E-state index >= 15 is 0 Å². The summed E-state index contributed by atoms with van der Waals surface area (Å²) < 4.78 is 14.5. The number of hydrogen-bond donors (Lipinski definition) is 1. The summed E-state index contributed by atoms with van der Waals surface area (Å²) in [6.07, 6.45) is 0. The van der Waals surface area contributed by atoms with Gasteiger partial charge in [-0.25, -0.2) is 14.2 Å². The third-order valence-electron chi connectivity index (χ3n) is 4.77. The summed E-state index contributed by atoms with van der Waals surface area (Å²) in [6.45, 7) is 1.74. The Bertz CT molecular complexity index is 1340. The molecule has 3 aromatic carbocycles. The molecule has 8 heteroatoms. The highest BCUT2D eigenvalue weighted by molar-refractivity contribution is 7.13. The molecule has 4 aromatic rings. The lowest BCUT2D eigenvalue weighted by Gasteiger charge is -2.12. The molecule has 4 rings (SSSR count). The quantitative estimate of drug-likeness (QED) is 0.312. The normalized spacial score (nSPS) is 11.0. The first-order valence-electron chi connectivity index (χ1n) is 9.00. The Labute approximate surface area is 196 Å². The molecule has 0 spiro atoms. The molecule has 0 saturated heterocycles. The fraction of sp³-hybridized carbons (Fsp3) is 0.0435. The third-order valence-corrected chi connectivity index (χ3v) is 6.89. The van der Waals surface area contributed by atoms with Crippen molar-refractivity contribution in [3.05, 3.63) is 85.9 Å². The Kier molecular flexibility index (Phi) is 6.04. The van der Waals surface area contributed by atoms with Crippen molar-refractivity contribution in [2.45, 2.75) is 6.92 Å². The highest BCUT2D eigenvalue weighted by Crippen LogP contribution is 2.38. The molecule has 0 aliphatic heterocycles. The summed E-state index contributed by atoms with van der Waals surface area (Å²) in [4.78, 5) is 16.6. The number of benzene rings is 3. The SMILES string of the molecule is Cc1ccc(F)c(-c2ccc(-c3nc(-c4ccc(Cl)c(Cl)c4)cs3)cc2C(=O)O)c1Cl. The number of aryl methyl sites for hydroxylation is 1. The molecule has 0 radical (unpaired) electrons. The van der Waals surface area contributed by atoms with Crippen LogP contribution < -0.4 is 0 Å². The van der Waals surface area contributed by atoms with Crippen molar-refractivity contribution in [3.8, 4) is 33.0 Å². The first kappa shape index (κ1) is 21.8. The van der Waals surface area contributed by atoms with Gasteiger partial charge in [-0.15, -0.1) is 11.3 Å². The second-order valence-electron chi connectivity index (χ2n) is 6.79. The van der Waals surface area contributed by atoms with Crippen LogP contribution in [0.3, 0.4) is 0 Å². The summed E-state index contributed by atoms with van der Waals surface area (Å²) in [6, 6.07) is 12.8. The van der Waals surface area contributed by atoms with Gasteiger partial charge in [0, 0.05) is 27.6 Å². The van der Waals surface area contributed by atoms with Crippen molar-refractivity contribution in [2.24, 2.45) is 0 Å². The number of carboxylic acid groups (broad SMARTS) is 1. The number of rotatable bonds is 4. The van der Waals surface area contributed by atoms with E-state index < -0.39 is 11.8 Å². The Balaban J connectivity index is 1.80. The topological polar surface area (TPSA) is 50.2 Å². The van der Waals surface area contributed by atoms with E-state index in [1.54, 1.807) is 43.3 Å². The van der Waals surface area contributed by atoms with E-state index in [0.717, 1.165) is 5.56 Å². The van der Waals surface area contributed by atoms with Gasteiger partial charge in [0.25, 0.3) is 0 Å². The van der Waals surface area contributed by atoms with Crippen molar-refractivity contribution < 1.29 is 14.3 Å². The number of thiazole rings is 1. The van der Waals surface area contributed by atoms with Crippen LogP contribution in [0.4, 0.5) is 4.39 Å². The minimum absolute atomic E-state index is 0.0600. The van der Waals surface area contributed by atoms with Crippen LogP contribution in [-0.2, 0) is 0 Å². The van der Waals surface area contributed by atoms with Crippen molar-refractivity contribution in [1.82, 2.24) is 4.98 Å². The van der Waals surface area contributed by atoms with Gasteiger partial charge >= 0.3 is 5.97 Å². The maximum atomic E-state index is 14.5. The molecule has 0 amide bonds. The average Bonchev–Trinajstić information content (AvgIpc) is 3.23. The van der Waals surface area contributed by atoms with Gasteiger partial charge in [-0.3, -0.25) is 0 Å². The number of carbonyl (C=O) groups is 1. The molecule has 1 N–H and O–H groups in total. The number of nitrogens with zero attached hydrogens (tertiary/aromatic N) is 1. The van der Waals surface area contributed by atoms with Crippen LogP contribution in [-0.4, -0.2) is 16.1 Å². The van der Waals surface area contributed by atoms with Crippen LogP contribution in [0.15, 0.2) is 53.9 Å². The second kappa shape index (κ2) is 8.60. The molecule has 0 atom stereocenters. The maximum Gasteiger partial charge on any atom is 0.336 e. The standard InChI is InChI=1S/C23H13Cl3FNO2S/c1-11-2-7-18(27)20(21(11)26)14-5-3-13(8-15(14)23(29)30)22-28-19(10-31-22)12-4-6-16(24)17(25)9-12/h2-10H,1H3,(H,29,30). The molecular formula is C23H13Cl3FNO2S. The molecular weight excluding hydrogens is 480 g/mol. The Morgan fingerprint density at radius 3 is 2.45 bits per heavy atom. The first-order valence-corrected chi connectivity index (χ1v) is 11.0. The third kappa shape index (κ3) is 4.19. The van der Waals surface area contributed by atoms with E-state index in [4.69, 9.17) is 34.8 Å². The van der Waals surface area contributed by atoms with Crippen molar-refractivity contribution in [3.63, 3.8) is 0 Å². The van der Waals surface area contributed by atoms with Crippen LogP contribution in [0.2, 0.25) is 15.1 Å². The molecule has 31 heavy (non-hydrogen) atoms. The number of aromatic carboxylic acids is 1. The summed E-state index contributed by atoms with van der Waals surface area (Å²) in [5, 5.41) is 13.3. The van der Waals surface area contributed by atoms with Crippen LogP contribution >= 0.6 is 46.1 Å². The molecule has 1 heterocycles. The van der Waals surface area contributed by atoms with E-state index in [2.05, 4.69) is 4.98 Å². The summed E-state index contributed by atoms with van der Waals surface area (Å²) in [7, 11) is 0. The van der Waals surface area contributed by atoms with E-state index in [0.29, 0.717) is 31.9 Å². The highest BCUT2D eigenvalue weighted by Gasteiger charge is 2.20. The fourth-order valence-electron chi connectivity index (χ4n) is 3.17. The monoisotopic (exact) mass is 491 g/mol. The molecule has 1 aromatic heterocycles. The number of carboxylic acids is 1. The van der Waals surface area contributed by atoms with Crippen molar-refractivity contribution >= 4 is 52.1 Å². The summed E-state index contributed by atoms with van der Waals surface area (Å²) in [5.74, 6) is -1.77. The Morgan fingerprint density at radius 2 is 1.74 bits per heavy atom. The molecule has 0 aliphatic carbocycles. The predicted molar refractivity (Wildman–Crippen MR) is 125 cm³/mol. The Hall–Kier alpha value is -2.44. The van der Waals surface area contributed by atoms with Crippen molar-refractivity contribution in [1.29, 1.82) is 0 Å². The number of aromatic nitrogens is 1. The predicted octanol–water partition coefficient (Wildman–Crippen LogP) is 8.25. The second-order valence-corrected chi connectivity index (χ2v) is 8.84. The van der Waals surface area contributed by atoms with Gasteiger partial charge in [-0.2, -0.15) is 0 Å². The first-order chi connectivity index (χ1) is 14.8. The molecule has 0 saturated carbocycles. The van der Waals surface area contributed by atoms with E-state index in [1.165, 1.54) is 23.5 Å². The molecule has 0 aliphatic rings. The van der Waals surface area contributed by atoms with Crippen LogP contribution in [0, 0.1) is 12.7 Å². The van der Waals surface area contributed by atoms with Crippen LogP contribution in [0.1, 0.15) is 15.9 Å². The minimum Gasteiger partial charge on any atom is -0.478 e. The molecule has 0 fully saturated rings. The molecule has 156 valence electrons. The number of halogens is 4. The molecule has 3 nitrogen and oxygen atoms in total. The van der Waals surface area contributed by atoms with Gasteiger partial charge in [0.2, 0.25) is 0 Å². The van der Waals surface area contributed by atoms with Gasteiger partial charge in [-0.05, 0) is 36.8 Å². The largest absolute Gasteiger partial charge is 0.478 e. The van der Waals surface area contributed by atoms with E-state index in [9.17, 15) is 14.3 Å². The smallest absolute Gasteiger partial charge is 0.336 e. The Morgan fingerprint density at radius 1 is 1.00 bits per heavy atom. The lowest BCUT2D eigenvalue weighted by molar-refractivity contribution is 0.0698. The number of hydrogen-bond acceptors (Lipinski definition) is 3. The van der Waals surface area contributed by atoms with Crippen molar-refractivity contribution in [2.75, 3.05) is 0 Å². The zero-order valence-corrected chi connectivity index (χ0v) is 19.0. The summed E-state index contributed by atoms with van der Waals surface area (Å²) >= 11 is 19.7. The average molecular weight is 493 g/mol. The molecule has 0 bridgehead atoms. The van der Waals surface area contributed by atoms with E-state index in [1.807, 2.05) is 5.38 Å². The fourth-order valence-corrected chi connectivity index (χ4v) is 4.55. The zero-order valence-electron chi connectivity index (χ0n) is 15.9.